The van der Waals surface area contributed by atoms with Crippen LogP contribution in [0.3, 0.4) is 0 Å². The second-order valence-electron chi connectivity index (χ2n) is 7.28. The van der Waals surface area contributed by atoms with Gasteiger partial charge in [-0.25, -0.2) is 0 Å². The Morgan fingerprint density at radius 2 is 1.96 bits per heavy atom. The minimum atomic E-state index is 0.118. The molecule has 0 unspecified atom stereocenters. The van der Waals surface area contributed by atoms with E-state index >= 15 is 0 Å². The van der Waals surface area contributed by atoms with Gasteiger partial charge in [0.15, 0.2) is 0 Å². The number of ether oxygens (including phenoxy) is 1. The molecule has 1 aromatic rings. The fourth-order valence-electron chi connectivity index (χ4n) is 4.23. The van der Waals surface area contributed by atoms with Crippen LogP contribution in [-0.2, 0) is 11.3 Å². The first kappa shape index (κ1) is 16.1. The summed E-state index contributed by atoms with van der Waals surface area (Å²) in [5.41, 5.74) is 0.693. The summed E-state index contributed by atoms with van der Waals surface area (Å²) in [6.45, 7) is 5.85. The highest BCUT2D eigenvalue weighted by atomic mass is 16.5. The first-order valence-electron chi connectivity index (χ1n) is 9.09. The molecular weight excluding hydrogens is 306 g/mol. The predicted molar refractivity (Wildman–Crippen MR) is 89.9 cm³/mol. The molecule has 4 heterocycles. The summed E-state index contributed by atoms with van der Waals surface area (Å²) in [5, 5.41) is 0. The number of carbonyl (C=O) groups is 1. The SMILES string of the molecule is CN1[C@@H]2CC[C@H]1CN(C(=O)c1coc(CN3CCOCC3)c1)CC2. The number of hydrogen-bond donors (Lipinski definition) is 0. The lowest BCUT2D eigenvalue weighted by molar-refractivity contribution is 0.0313. The molecule has 3 aliphatic heterocycles. The van der Waals surface area contributed by atoms with E-state index in [9.17, 15) is 4.79 Å². The number of hydrogen-bond acceptors (Lipinski definition) is 5. The van der Waals surface area contributed by atoms with Crippen LogP contribution in [0.25, 0.3) is 0 Å². The monoisotopic (exact) mass is 333 g/mol. The van der Waals surface area contributed by atoms with Gasteiger partial charge in [-0.1, -0.05) is 0 Å². The van der Waals surface area contributed by atoms with E-state index in [0.29, 0.717) is 17.6 Å². The molecular formula is C18H27N3O3. The summed E-state index contributed by atoms with van der Waals surface area (Å²) in [6.07, 6.45) is 5.19. The van der Waals surface area contributed by atoms with Crippen LogP contribution in [0.5, 0.6) is 0 Å². The molecule has 0 N–H and O–H groups in total. The third kappa shape index (κ3) is 3.23. The predicted octanol–water partition coefficient (Wildman–Crippen LogP) is 1.42. The third-order valence-corrected chi connectivity index (χ3v) is 5.82. The van der Waals surface area contributed by atoms with Gasteiger partial charge in [-0.05, 0) is 32.4 Å². The Morgan fingerprint density at radius 3 is 2.79 bits per heavy atom. The molecule has 132 valence electrons. The number of morpholine rings is 1. The van der Waals surface area contributed by atoms with Gasteiger partial charge in [0.2, 0.25) is 0 Å². The van der Waals surface area contributed by atoms with E-state index in [4.69, 9.17) is 9.15 Å². The molecule has 1 aromatic heterocycles. The topological polar surface area (TPSA) is 49.2 Å². The molecule has 3 saturated heterocycles. The van der Waals surface area contributed by atoms with Crippen molar-refractivity contribution in [2.75, 3.05) is 46.4 Å². The Hall–Kier alpha value is -1.37. The lowest BCUT2D eigenvalue weighted by Crippen LogP contribution is -2.39. The summed E-state index contributed by atoms with van der Waals surface area (Å²) < 4.78 is 11.0. The zero-order chi connectivity index (χ0) is 16.5. The number of likely N-dealkylation sites (tertiary alicyclic amines) is 1. The summed E-state index contributed by atoms with van der Waals surface area (Å²) >= 11 is 0. The van der Waals surface area contributed by atoms with Crippen molar-refractivity contribution in [1.29, 1.82) is 0 Å². The Kier molecular flexibility index (Phi) is 4.61. The minimum absolute atomic E-state index is 0.118. The summed E-state index contributed by atoms with van der Waals surface area (Å²) in [5.74, 6) is 0.988. The fraction of sp³-hybridized carbons (Fsp3) is 0.722. The number of furan rings is 1. The van der Waals surface area contributed by atoms with Gasteiger partial charge in [0, 0.05) is 38.3 Å². The quantitative estimate of drug-likeness (QED) is 0.837. The molecule has 24 heavy (non-hydrogen) atoms. The van der Waals surface area contributed by atoms with E-state index in [1.165, 1.54) is 12.8 Å². The van der Waals surface area contributed by atoms with Crippen LogP contribution in [0.4, 0.5) is 0 Å². The molecule has 0 radical (unpaired) electrons. The summed E-state index contributed by atoms with van der Waals surface area (Å²) in [6, 6.07) is 3.08. The van der Waals surface area contributed by atoms with E-state index in [-0.39, 0.29) is 5.91 Å². The second-order valence-corrected chi connectivity index (χ2v) is 7.28. The zero-order valence-corrected chi connectivity index (χ0v) is 14.4. The Bertz CT molecular complexity index is 582. The van der Waals surface area contributed by atoms with Crippen molar-refractivity contribution >= 4 is 5.91 Å². The van der Waals surface area contributed by atoms with Crippen molar-refractivity contribution in [2.45, 2.75) is 37.9 Å². The number of fused-ring (bicyclic) bond motifs is 2. The molecule has 6 nitrogen and oxygen atoms in total. The second kappa shape index (κ2) is 6.86. The van der Waals surface area contributed by atoms with Crippen molar-refractivity contribution in [1.82, 2.24) is 14.7 Å². The van der Waals surface area contributed by atoms with Crippen molar-refractivity contribution in [3.05, 3.63) is 23.7 Å². The Balaban J connectivity index is 1.39. The molecule has 0 aromatic carbocycles. The van der Waals surface area contributed by atoms with Gasteiger partial charge in [0.05, 0.1) is 25.3 Å². The van der Waals surface area contributed by atoms with E-state index in [1.54, 1.807) is 6.26 Å². The molecule has 0 aliphatic carbocycles. The number of carbonyl (C=O) groups excluding carboxylic acids is 1. The van der Waals surface area contributed by atoms with Crippen LogP contribution >= 0.6 is 0 Å². The van der Waals surface area contributed by atoms with Crippen molar-refractivity contribution in [3.8, 4) is 0 Å². The standard InChI is InChI=1S/C18H27N3O3/c1-19-15-2-3-16(19)11-21(5-4-15)18(22)14-10-17(24-13-14)12-20-6-8-23-9-7-20/h10,13,15-16H,2-9,11-12H2,1H3/t15-,16+/m1/s1. The maximum atomic E-state index is 12.9. The van der Waals surface area contributed by atoms with Crippen LogP contribution in [-0.4, -0.2) is 79.1 Å². The third-order valence-electron chi connectivity index (χ3n) is 5.82. The molecule has 2 bridgehead atoms. The maximum Gasteiger partial charge on any atom is 0.257 e. The van der Waals surface area contributed by atoms with E-state index in [2.05, 4.69) is 16.8 Å². The van der Waals surface area contributed by atoms with Crippen molar-refractivity contribution < 1.29 is 13.9 Å². The van der Waals surface area contributed by atoms with Crippen LogP contribution in [0.15, 0.2) is 16.7 Å². The molecule has 4 rings (SSSR count). The summed E-state index contributed by atoms with van der Waals surface area (Å²) in [4.78, 5) is 19.6. The largest absolute Gasteiger partial charge is 0.467 e. The molecule has 3 fully saturated rings. The number of nitrogens with zero attached hydrogens (tertiary/aromatic N) is 3. The van der Waals surface area contributed by atoms with Gasteiger partial charge in [-0.2, -0.15) is 0 Å². The lowest BCUT2D eigenvalue weighted by Gasteiger charge is -2.25. The van der Waals surface area contributed by atoms with Crippen LogP contribution in [0, 0.1) is 0 Å². The molecule has 1 amide bonds. The van der Waals surface area contributed by atoms with Crippen molar-refractivity contribution in [3.63, 3.8) is 0 Å². The number of amides is 1. The highest BCUT2D eigenvalue weighted by Gasteiger charge is 2.36. The normalized spacial score (nSPS) is 29.0. The fourth-order valence-corrected chi connectivity index (χ4v) is 4.23. The van der Waals surface area contributed by atoms with E-state index < -0.39 is 0 Å². The molecule has 0 spiro atoms. The smallest absolute Gasteiger partial charge is 0.257 e. The molecule has 3 aliphatic rings. The van der Waals surface area contributed by atoms with Crippen LogP contribution in [0.2, 0.25) is 0 Å². The van der Waals surface area contributed by atoms with E-state index in [1.807, 2.05) is 11.0 Å². The number of likely N-dealkylation sites (N-methyl/N-ethyl adjacent to an activating group) is 1. The van der Waals surface area contributed by atoms with Gasteiger partial charge in [0.1, 0.15) is 12.0 Å². The average Bonchev–Trinajstić information content (AvgIpc) is 3.13. The average molecular weight is 333 g/mol. The lowest BCUT2D eigenvalue weighted by atomic mass is 10.1. The Labute approximate surface area is 143 Å². The maximum absolute atomic E-state index is 12.9. The van der Waals surface area contributed by atoms with Gasteiger partial charge in [0.25, 0.3) is 5.91 Å². The molecule has 0 saturated carbocycles. The van der Waals surface area contributed by atoms with Crippen molar-refractivity contribution in [2.24, 2.45) is 0 Å². The zero-order valence-electron chi connectivity index (χ0n) is 14.4. The molecule has 2 atom stereocenters. The van der Waals surface area contributed by atoms with Gasteiger partial charge in [-0.3, -0.25) is 14.6 Å². The van der Waals surface area contributed by atoms with Crippen LogP contribution < -0.4 is 0 Å². The Morgan fingerprint density at radius 1 is 1.17 bits per heavy atom. The van der Waals surface area contributed by atoms with Gasteiger partial charge >= 0.3 is 0 Å². The summed E-state index contributed by atoms with van der Waals surface area (Å²) in [7, 11) is 2.20. The highest BCUT2D eigenvalue weighted by molar-refractivity contribution is 5.94. The molecule has 6 heteroatoms. The highest BCUT2D eigenvalue weighted by Crippen LogP contribution is 2.29. The van der Waals surface area contributed by atoms with Gasteiger partial charge in [-0.15, -0.1) is 0 Å². The minimum Gasteiger partial charge on any atom is -0.467 e. The van der Waals surface area contributed by atoms with E-state index in [0.717, 1.165) is 58.1 Å². The number of rotatable bonds is 3. The van der Waals surface area contributed by atoms with Gasteiger partial charge < -0.3 is 14.1 Å². The first-order chi connectivity index (χ1) is 11.7. The van der Waals surface area contributed by atoms with Crippen LogP contribution in [0.1, 0.15) is 35.4 Å². The first-order valence-corrected chi connectivity index (χ1v) is 9.09.